The van der Waals surface area contributed by atoms with E-state index in [4.69, 9.17) is 4.98 Å². The molecule has 0 aliphatic carbocycles. The van der Waals surface area contributed by atoms with Crippen LogP contribution in [0.15, 0.2) is 12.1 Å². The van der Waals surface area contributed by atoms with E-state index in [1.54, 1.807) is 0 Å². The maximum atomic E-state index is 4.77. The number of nitrogens with zero attached hydrogens (tertiary/aromatic N) is 2. The Bertz CT molecular complexity index is 444. The highest BCUT2D eigenvalue weighted by Crippen LogP contribution is 2.24. The molecule has 0 atom stereocenters. The first-order chi connectivity index (χ1) is 9.07. The third-order valence-corrected chi connectivity index (χ3v) is 4.11. The zero-order valence-electron chi connectivity index (χ0n) is 14.5. The molecule has 0 unspecified atom stereocenters. The number of aromatic nitrogens is 1. The second-order valence-corrected chi connectivity index (χ2v) is 7.24. The number of hydrogen-bond acceptors (Lipinski definition) is 3. The van der Waals surface area contributed by atoms with Crippen LogP contribution in [0.25, 0.3) is 0 Å². The Morgan fingerprint density at radius 3 is 2.20 bits per heavy atom. The summed E-state index contributed by atoms with van der Waals surface area (Å²) < 4.78 is 0. The van der Waals surface area contributed by atoms with Crippen LogP contribution in [0.4, 0.5) is 5.82 Å². The van der Waals surface area contributed by atoms with Crippen LogP contribution < -0.4 is 10.2 Å². The largest absolute Gasteiger partial charge is 0.355 e. The molecule has 0 radical (unpaired) electrons. The summed E-state index contributed by atoms with van der Waals surface area (Å²) in [6.45, 7) is 16.2. The Balaban J connectivity index is 2.88. The van der Waals surface area contributed by atoms with Gasteiger partial charge in [-0.15, -0.1) is 0 Å². The van der Waals surface area contributed by atoms with E-state index in [0.29, 0.717) is 0 Å². The predicted octanol–water partition coefficient (Wildman–Crippen LogP) is 3.90. The van der Waals surface area contributed by atoms with E-state index in [2.05, 4.69) is 77.9 Å². The van der Waals surface area contributed by atoms with Crippen LogP contribution in [-0.2, 0) is 6.54 Å². The van der Waals surface area contributed by atoms with Gasteiger partial charge in [-0.05, 0) is 59.6 Å². The van der Waals surface area contributed by atoms with Crippen LogP contribution in [0.3, 0.4) is 0 Å². The molecule has 1 heterocycles. The van der Waals surface area contributed by atoms with Gasteiger partial charge < -0.3 is 10.2 Å². The lowest BCUT2D eigenvalue weighted by molar-refractivity contribution is 0.423. The van der Waals surface area contributed by atoms with Gasteiger partial charge in [-0.1, -0.05) is 13.0 Å². The number of rotatable bonds is 5. The van der Waals surface area contributed by atoms with Crippen LogP contribution >= 0.6 is 0 Å². The minimum absolute atomic E-state index is 0.130. The van der Waals surface area contributed by atoms with Crippen molar-refractivity contribution in [2.45, 2.75) is 72.5 Å². The molecule has 1 aromatic heterocycles. The summed E-state index contributed by atoms with van der Waals surface area (Å²) in [5.74, 6) is 1.05. The van der Waals surface area contributed by atoms with Crippen molar-refractivity contribution in [3.8, 4) is 0 Å². The highest BCUT2D eigenvalue weighted by Gasteiger charge is 2.22. The van der Waals surface area contributed by atoms with Crippen LogP contribution in [0.1, 0.15) is 59.2 Å². The third-order valence-electron chi connectivity index (χ3n) is 4.11. The van der Waals surface area contributed by atoms with E-state index < -0.39 is 0 Å². The van der Waals surface area contributed by atoms with Crippen molar-refractivity contribution in [1.29, 1.82) is 0 Å². The van der Waals surface area contributed by atoms with E-state index in [-0.39, 0.29) is 11.1 Å². The molecule has 0 aromatic carbocycles. The number of anilines is 1. The lowest BCUT2D eigenvalue weighted by Crippen LogP contribution is -2.41. The minimum Gasteiger partial charge on any atom is -0.355 e. The van der Waals surface area contributed by atoms with Gasteiger partial charge in [0.05, 0.1) is 0 Å². The van der Waals surface area contributed by atoms with Crippen molar-refractivity contribution in [3.05, 3.63) is 23.4 Å². The van der Waals surface area contributed by atoms with Crippen LogP contribution in [0.2, 0.25) is 0 Å². The number of pyridine rings is 1. The summed E-state index contributed by atoms with van der Waals surface area (Å²) in [6, 6.07) is 4.32. The summed E-state index contributed by atoms with van der Waals surface area (Å²) in [5, 5.41) is 3.52. The molecule has 1 aromatic rings. The molecule has 0 amide bonds. The van der Waals surface area contributed by atoms with Crippen molar-refractivity contribution >= 4 is 5.82 Å². The summed E-state index contributed by atoms with van der Waals surface area (Å²) >= 11 is 0. The first-order valence-corrected chi connectivity index (χ1v) is 7.52. The molecule has 0 bridgehead atoms. The molecule has 20 heavy (non-hydrogen) atoms. The van der Waals surface area contributed by atoms with Crippen molar-refractivity contribution in [2.75, 3.05) is 11.9 Å². The lowest BCUT2D eigenvalue weighted by atomic mass is 10.00. The monoisotopic (exact) mass is 277 g/mol. The zero-order valence-corrected chi connectivity index (χ0v) is 14.5. The fourth-order valence-electron chi connectivity index (χ4n) is 1.86. The first-order valence-electron chi connectivity index (χ1n) is 7.52. The minimum atomic E-state index is 0.130. The average molecular weight is 277 g/mol. The second-order valence-electron chi connectivity index (χ2n) is 7.24. The molecule has 3 heteroatoms. The molecule has 0 spiro atoms. The lowest BCUT2D eigenvalue weighted by Gasteiger charge is -2.36. The Hall–Kier alpha value is -1.09. The van der Waals surface area contributed by atoms with Gasteiger partial charge in [0.15, 0.2) is 0 Å². The molecule has 0 aliphatic rings. The van der Waals surface area contributed by atoms with Gasteiger partial charge in [0.1, 0.15) is 5.82 Å². The Morgan fingerprint density at radius 1 is 1.15 bits per heavy atom. The van der Waals surface area contributed by atoms with E-state index >= 15 is 0 Å². The van der Waals surface area contributed by atoms with Crippen molar-refractivity contribution < 1.29 is 0 Å². The molecule has 114 valence electrons. The molecule has 1 rings (SSSR count). The molecule has 3 nitrogen and oxygen atoms in total. The Morgan fingerprint density at radius 2 is 1.75 bits per heavy atom. The number of hydrogen-bond donors (Lipinski definition) is 1. The maximum absolute atomic E-state index is 4.77. The standard InChI is InChI=1S/C17H31N3/c1-9-17(6,7)20(8)15-11-10-14(13(2)19-15)12-18-16(3,4)5/h10-11,18H,9,12H2,1-8H3. The summed E-state index contributed by atoms with van der Waals surface area (Å²) in [7, 11) is 2.12. The highest BCUT2D eigenvalue weighted by atomic mass is 15.2. The van der Waals surface area contributed by atoms with Gasteiger partial charge in [-0.2, -0.15) is 0 Å². The molecule has 0 saturated carbocycles. The fraction of sp³-hybridized carbons (Fsp3) is 0.706. The van der Waals surface area contributed by atoms with Gasteiger partial charge in [0.2, 0.25) is 0 Å². The van der Waals surface area contributed by atoms with Gasteiger partial charge in [0.25, 0.3) is 0 Å². The van der Waals surface area contributed by atoms with Gasteiger partial charge in [0, 0.05) is 30.4 Å². The summed E-state index contributed by atoms with van der Waals surface area (Å²) in [5.41, 5.74) is 2.64. The third kappa shape index (κ3) is 4.48. The molecule has 0 aliphatic heterocycles. The fourth-order valence-corrected chi connectivity index (χ4v) is 1.86. The zero-order chi connectivity index (χ0) is 15.6. The smallest absolute Gasteiger partial charge is 0.128 e. The average Bonchev–Trinajstić information content (AvgIpc) is 2.35. The van der Waals surface area contributed by atoms with Gasteiger partial charge in [-0.3, -0.25) is 0 Å². The molecule has 0 fully saturated rings. The Labute approximate surface area is 124 Å². The second kappa shape index (κ2) is 6.13. The number of aryl methyl sites for hydroxylation is 1. The van der Waals surface area contributed by atoms with Crippen molar-refractivity contribution in [2.24, 2.45) is 0 Å². The van der Waals surface area contributed by atoms with Crippen LogP contribution in [-0.4, -0.2) is 23.1 Å². The van der Waals surface area contributed by atoms with Crippen molar-refractivity contribution in [3.63, 3.8) is 0 Å². The van der Waals surface area contributed by atoms with E-state index in [1.165, 1.54) is 5.56 Å². The molecular formula is C17H31N3. The molecule has 1 N–H and O–H groups in total. The molecule has 0 saturated heterocycles. The van der Waals surface area contributed by atoms with E-state index in [9.17, 15) is 0 Å². The summed E-state index contributed by atoms with van der Waals surface area (Å²) in [6.07, 6.45) is 1.09. The summed E-state index contributed by atoms with van der Waals surface area (Å²) in [4.78, 5) is 7.04. The van der Waals surface area contributed by atoms with E-state index in [1.807, 2.05) is 0 Å². The molecular weight excluding hydrogens is 246 g/mol. The van der Waals surface area contributed by atoms with Crippen LogP contribution in [0.5, 0.6) is 0 Å². The quantitative estimate of drug-likeness (QED) is 0.884. The predicted molar refractivity (Wildman–Crippen MR) is 88.3 cm³/mol. The topological polar surface area (TPSA) is 28.2 Å². The highest BCUT2D eigenvalue weighted by molar-refractivity contribution is 5.43. The number of nitrogens with one attached hydrogen (secondary N) is 1. The van der Waals surface area contributed by atoms with Gasteiger partial charge >= 0.3 is 0 Å². The van der Waals surface area contributed by atoms with Gasteiger partial charge in [-0.25, -0.2) is 4.98 Å². The SMILES string of the molecule is CCC(C)(C)N(C)c1ccc(CNC(C)(C)C)c(C)n1. The normalized spacial score (nSPS) is 12.6. The van der Waals surface area contributed by atoms with Crippen molar-refractivity contribution in [1.82, 2.24) is 10.3 Å². The Kier molecular flexibility index (Phi) is 5.20. The van der Waals surface area contributed by atoms with Crippen LogP contribution in [0, 0.1) is 6.92 Å². The van der Waals surface area contributed by atoms with E-state index in [0.717, 1.165) is 24.5 Å². The maximum Gasteiger partial charge on any atom is 0.128 e. The first kappa shape index (κ1) is 17.0.